The molecule has 0 aromatic heterocycles. The van der Waals surface area contributed by atoms with Crippen LogP contribution in [0.1, 0.15) is 101 Å². The predicted molar refractivity (Wildman–Crippen MR) is 189 cm³/mol. The number of para-hydroxylation sites is 2. The Balaban J connectivity index is 1.74. The molecule has 0 unspecified atom stereocenters. The fraction of sp³-hybridized carbons (Fsp3) is 0.632. The molecule has 2 rings (SSSR count). The van der Waals surface area contributed by atoms with Crippen LogP contribution in [-0.2, 0) is 9.59 Å². The van der Waals surface area contributed by atoms with Gasteiger partial charge in [-0.25, -0.2) is 0 Å². The van der Waals surface area contributed by atoms with Crippen molar-refractivity contribution >= 4 is 23.2 Å². The minimum absolute atomic E-state index is 0.155. The van der Waals surface area contributed by atoms with Crippen LogP contribution >= 0.6 is 0 Å². The number of benzene rings is 2. The van der Waals surface area contributed by atoms with Crippen LogP contribution in [0, 0.1) is 27.7 Å². The molecule has 0 heterocycles. The number of carbonyl (C=O) groups excluding carboxylic acids is 2. The third kappa shape index (κ3) is 12.0. The zero-order chi connectivity index (χ0) is 32.5. The molecule has 2 aromatic carbocycles. The van der Waals surface area contributed by atoms with Crippen LogP contribution in [0.15, 0.2) is 36.4 Å². The summed E-state index contributed by atoms with van der Waals surface area (Å²) < 4.78 is 0. The summed E-state index contributed by atoms with van der Waals surface area (Å²) in [4.78, 5) is 35.1. The molecule has 0 atom stereocenters. The lowest BCUT2D eigenvalue weighted by Crippen LogP contribution is -2.42. The van der Waals surface area contributed by atoms with Crippen molar-refractivity contribution in [3.05, 3.63) is 58.7 Å². The van der Waals surface area contributed by atoms with Gasteiger partial charge in [0.1, 0.15) is 0 Å². The number of unbranched alkanes of at least 4 members (excludes halogenated alkanes) is 6. The minimum atomic E-state index is 0.155. The molecule has 0 bridgehead atoms. The molecule has 0 aliphatic heterocycles. The summed E-state index contributed by atoms with van der Waals surface area (Å²) in [7, 11) is 1.90. The summed E-state index contributed by atoms with van der Waals surface area (Å²) in [6.45, 7) is 20.4. The molecule has 2 aromatic rings. The number of nitrogens with zero attached hydrogens (tertiary/aromatic N) is 4. The Morgan fingerprint density at radius 3 is 1.52 bits per heavy atom. The van der Waals surface area contributed by atoms with E-state index in [1.54, 1.807) is 0 Å². The fourth-order valence-corrected chi connectivity index (χ4v) is 6.26. The van der Waals surface area contributed by atoms with Gasteiger partial charge in [0.25, 0.3) is 0 Å². The third-order valence-corrected chi connectivity index (χ3v) is 8.80. The Labute approximate surface area is 269 Å². The van der Waals surface area contributed by atoms with Crippen molar-refractivity contribution in [1.82, 2.24) is 9.80 Å². The summed E-state index contributed by atoms with van der Waals surface area (Å²) in [6.07, 6.45) is 10.2. The maximum absolute atomic E-state index is 13.6. The first-order valence-corrected chi connectivity index (χ1v) is 17.3. The van der Waals surface area contributed by atoms with Crippen molar-refractivity contribution < 1.29 is 9.59 Å². The van der Waals surface area contributed by atoms with Gasteiger partial charge >= 0.3 is 0 Å². The normalized spacial score (nSPS) is 11.4. The van der Waals surface area contributed by atoms with E-state index in [1.165, 1.54) is 36.8 Å². The maximum Gasteiger partial charge on any atom is 0.241 e. The van der Waals surface area contributed by atoms with Gasteiger partial charge in [-0.05, 0) is 102 Å². The lowest BCUT2D eigenvalue weighted by atomic mass is 10.1. The van der Waals surface area contributed by atoms with Crippen molar-refractivity contribution in [2.75, 3.05) is 62.7 Å². The van der Waals surface area contributed by atoms with E-state index in [0.29, 0.717) is 13.1 Å². The summed E-state index contributed by atoms with van der Waals surface area (Å²) >= 11 is 0. The molecule has 0 aliphatic carbocycles. The van der Waals surface area contributed by atoms with Crippen molar-refractivity contribution in [2.45, 2.75) is 106 Å². The first kappa shape index (κ1) is 37.5. The van der Waals surface area contributed by atoms with Crippen LogP contribution in [0.2, 0.25) is 0 Å². The van der Waals surface area contributed by atoms with E-state index in [2.05, 4.69) is 88.6 Å². The van der Waals surface area contributed by atoms with Crippen LogP contribution in [-0.4, -0.2) is 74.5 Å². The smallest absolute Gasteiger partial charge is 0.241 e. The van der Waals surface area contributed by atoms with Gasteiger partial charge in [-0.1, -0.05) is 89.3 Å². The Bertz CT molecular complexity index is 1110. The first-order chi connectivity index (χ1) is 21.1. The molecule has 0 spiro atoms. The van der Waals surface area contributed by atoms with E-state index in [0.717, 1.165) is 87.3 Å². The first-order valence-electron chi connectivity index (χ1n) is 17.3. The largest absolute Gasteiger partial charge is 0.314 e. The van der Waals surface area contributed by atoms with Crippen LogP contribution in [0.5, 0.6) is 0 Å². The number of anilines is 2. The number of hydrogen-bond donors (Lipinski definition) is 0. The van der Waals surface area contributed by atoms with Crippen LogP contribution in [0.25, 0.3) is 0 Å². The summed E-state index contributed by atoms with van der Waals surface area (Å²) in [5.74, 6) is 0.380. The summed E-state index contributed by atoms with van der Waals surface area (Å²) in [5, 5.41) is 0. The van der Waals surface area contributed by atoms with E-state index in [4.69, 9.17) is 0 Å². The highest BCUT2D eigenvalue weighted by atomic mass is 16.2. The predicted octanol–water partition coefficient (Wildman–Crippen LogP) is 8.09. The number of rotatable bonds is 21. The summed E-state index contributed by atoms with van der Waals surface area (Å²) in [6, 6.07) is 12.5. The number of amides is 2. The molecular weight excluding hydrogens is 544 g/mol. The molecule has 0 saturated carbocycles. The second-order valence-corrected chi connectivity index (χ2v) is 12.6. The third-order valence-electron chi connectivity index (χ3n) is 8.80. The zero-order valence-corrected chi connectivity index (χ0v) is 29.4. The molecule has 0 radical (unpaired) electrons. The summed E-state index contributed by atoms with van der Waals surface area (Å²) in [5.41, 5.74) is 6.76. The van der Waals surface area contributed by atoms with Gasteiger partial charge in [0.2, 0.25) is 11.8 Å². The number of hydrogen-bond acceptors (Lipinski definition) is 4. The fourth-order valence-electron chi connectivity index (χ4n) is 6.26. The van der Waals surface area contributed by atoms with E-state index in [-0.39, 0.29) is 11.8 Å². The van der Waals surface area contributed by atoms with Crippen LogP contribution < -0.4 is 9.80 Å². The van der Waals surface area contributed by atoms with Crippen LogP contribution in [0.3, 0.4) is 0 Å². The highest BCUT2D eigenvalue weighted by Crippen LogP contribution is 2.26. The Kier molecular flexibility index (Phi) is 17.3. The number of carbonyl (C=O) groups is 2. The SMILES string of the molecule is CCCCN(C(=O)CN(CCC)CCCCCCCCN(CC)CC(=O)N(C)c1c(C)cccc1C)c1c(C)cccc1C. The molecule has 0 aliphatic rings. The number of likely N-dealkylation sites (N-methyl/N-ethyl adjacent to an activating group) is 2. The molecule has 6 heteroatoms. The highest BCUT2D eigenvalue weighted by molar-refractivity contribution is 5.96. The Morgan fingerprint density at radius 2 is 1.02 bits per heavy atom. The molecule has 0 fully saturated rings. The number of aryl methyl sites for hydroxylation is 4. The van der Waals surface area contributed by atoms with E-state index < -0.39 is 0 Å². The molecule has 2 amide bonds. The van der Waals surface area contributed by atoms with Crippen LogP contribution in [0.4, 0.5) is 11.4 Å². The quantitative estimate of drug-likeness (QED) is 0.135. The average Bonchev–Trinajstić information content (AvgIpc) is 2.98. The second-order valence-electron chi connectivity index (χ2n) is 12.6. The molecule has 246 valence electrons. The van der Waals surface area contributed by atoms with E-state index in [1.807, 2.05) is 22.9 Å². The van der Waals surface area contributed by atoms with Gasteiger partial charge in [-0.2, -0.15) is 0 Å². The Morgan fingerprint density at radius 1 is 0.545 bits per heavy atom. The van der Waals surface area contributed by atoms with Crippen molar-refractivity contribution in [3.63, 3.8) is 0 Å². The molecule has 0 saturated heterocycles. The minimum Gasteiger partial charge on any atom is -0.314 e. The van der Waals surface area contributed by atoms with Gasteiger partial charge in [0.15, 0.2) is 0 Å². The lowest BCUT2D eigenvalue weighted by molar-refractivity contribution is -0.120. The second kappa shape index (κ2) is 20.4. The van der Waals surface area contributed by atoms with E-state index in [9.17, 15) is 9.59 Å². The van der Waals surface area contributed by atoms with Crippen molar-refractivity contribution in [1.29, 1.82) is 0 Å². The molecule has 6 nitrogen and oxygen atoms in total. The average molecular weight is 607 g/mol. The van der Waals surface area contributed by atoms with Gasteiger partial charge in [0.05, 0.1) is 13.1 Å². The monoisotopic (exact) mass is 606 g/mol. The molecule has 44 heavy (non-hydrogen) atoms. The molecular formula is C38H62N4O2. The van der Waals surface area contributed by atoms with Gasteiger partial charge in [0, 0.05) is 25.0 Å². The highest BCUT2D eigenvalue weighted by Gasteiger charge is 2.21. The van der Waals surface area contributed by atoms with Crippen molar-refractivity contribution in [2.24, 2.45) is 0 Å². The van der Waals surface area contributed by atoms with Crippen molar-refractivity contribution in [3.8, 4) is 0 Å². The Hall–Kier alpha value is -2.70. The van der Waals surface area contributed by atoms with E-state index >= 15 is 0 Å². The lowest BCUT2D eigenvalue weighted by Gasteiger charge is -2.29. The maximum atomic E-state index is 13.6. The van der Waals surface area contributed by atoms with Gasteiger partial charge in [-0.15, -0.1) is 0 Å². The van der Waals surface area contributed by atoms with Gasteiger partial charge in [-0.3, -0.25) is 19.4 Å². The molecule has 0 N–H and O–H groups in total. The standard InChI is InChI=1S/C38H62N4O2/c1-9-12-28-42(38-33(6)23-20-24-34(38)7)36(44)30-41(25-10-2)27-18-16-14-13-15-17-26-40(11-3)29-35(43)39(8)37-31(4)21-19-22-32(37)5/h19-24H,9-18,25-30H2,1-8H3. The van der Waals surface area contributed by atoms with Gasteiger partial charge < -0.3 is 9.80 Å². The zero-order valence-electron chi connectivity index (χ0n) is 29.4. The topological polar surface area (TPSA) is 47.1 Å².